The van der Waals surface area contributed by atoms with E-state index in [0.717, 1.165) is 48.2 Å². The Labute approximate surface area is 230 Å². The minimum atomic E-state index is -0.907. The summed E-state index contributed by atoms with van der Waals surface area (Å²) in [5.74, 6) is 1.37. The highest BCUT2D eigenvalue weighted by Crippen LogP contribution is 2.35. The Balaban J connectivity index is 1.47. The molecule has 39 heavy (non-hydrogen) atoms. The minimum Gasteiger partial charge on any atom is -0.344 e. The van der Waals surface area contributed by atoms with Gasteiger partial charge in [0.05, 0.1) is 6.04 Å². The molecule has 0 unspecified atom stereocenters. The number of hydrogen-bond donors (Lipinski definition) is 1. The van der Waals surface area contributed by atoms with Gasteiger partial charge in [-0.25, -0.2) is 14.8 Å². The first-order valence-electron chi connectivity index (χ1n) is 14.3. The third kappa shape index (κ3) is 5.94. The van der Waals surface area contributed by atoms with Crippen molar-refractivity contribution in [2.75, 3.05) is 13.2 Å². The van der Waals surface area contributed by atoms with Crippen LogP contribution in [0, 0.1) is 0 Å². The van der Waals surface area contributed by atoms with Crippen LogP contribution in [0.2, 0.25) is 0 Å². The van der Waals surface area contributed by atoms with E-state index in [0.29, 0.717) is 37.3 Å². The summed E-state index contributed by atoms with van der Waals surface area (Å²) in [6, 6.07) is 17.2. The summed E-state index contributed by atoms with van der Waals surface area (Å²) in [5, 5.41) is 19.6. The second-order valence-corrected chi connectivity index (χ2v) is 10.1. The van der Waals surface area contributed by atoms with Crippen LogP contribution in [0.5, 0.6) is 0 Å². The first-order valence-corrected chi connectivity index (χ1v) is 14.3. The second-order valence-electron chi connectivity index (χ2n) is 10.1. The standard InChI is InChI=1S/C30H39N7O2/c1-4-20-30(38-5-2,39-6-3)29-31-27(37(34-29)24-12-8-7-9-13-24)21-22-16-18-23(19-17-22)25-14-10-11-15-26(25)28-32-35-36-33-28/h10-11,14-19,24H,4-9,12-13,20-21H2,1-3H3,(H,32,33,35,36). The zero-order valence-electron chi connectivity index (χ0n) is 23.3. The van der Waals surface area contributed by atoms with Crippen LogP contribution in [-0.2, 0) is 21.7 Å². The van der Waals surface area contributed by atoms with Crippen LogP contribution in [0.1, 0.15) is 89.0 Å². The molecule has 0 aliphatic heterocycles. The zero-order valence-corrected chi connectivity index (χ0v) is 23.3. The van der Waals surface area contributed by atoms with Gasteiger partial charge in [0.1, 0.15) is 5.82 Å². The predicted octanol–water partition coefficient (Wildman–Crippen LogP) is 6.25. The Hall–Kier alpha value is -3.43. The molecule has 0 bridgehead atoms. The first kappa shape index (κ1) is 27.1. The maximum absolute atomic E-state index is 6.23. The fourth-order valence-corrected chi connectivity index (χ4v) is 5.68. The van der Waals surface area contributed by atoms with Gasteiger partial charge in [0, 0.05) is 31.6 Å². The largest absolute Gasteiger partial charge is 0.344 e. The highest BCUT2D eigenvalue weighted by atomic mass is 16.7. The molecule has 2 aromatic carbocycles. The number of nitrogens with one attached hydrogen (secondary N) is 1. The number of rotatable bonds is 12. The molecule has 2 heterocycles. The molecule has 206 valence electrons. The molecule has 1 saturated carbocycles. The SMILES string of the molecule is CCCC(OCC)(OCC)c1nc(Cc2ccc(-c3ccccc3-c3nnn[nH]3)cc2)n(C2CCCCC2)n1. The van der Waals surface area contributed by atoms with Crippen molar-refractivity contribution in [2.24, 2.45) is 0 Å². The molecule has 2 aromatic heterocycles. The van der Waals surface area contributed by atoms with Crippen molar-refractivity contribution in [3.8, 4) is 22.5 Å². The topological polar surface area (TPSA) is 104 Å². The Kier molecular flexibility index (Phi) is 8.78. The van der Waals surface area contributed by atoms with Crippen LogP contribution in [0.4, 0.5) is 0 Å². The highest BCUT2D eigenvalue weighted by molar-refractivity contribution is 5.80. The second kappa shape index (κ2) is 12.6. The first-order chi connectivity index (χ1) is 19.2. The van der Waals surface area contributed by atoms with Crippen molar-refractivity contribution in [1.29, 1.82) is 0 Å². The lowest BCUT2D eigenvalue weighted by atomic mass is 9.95. The molecule has 1 N–H and O–H groups in total. The van der Waals surface area contributed by atoms with E-state index in [1.165, 1.54) is 24.8 Å². The number of nitrogens with zero attached hydrogens (tertiary/aromatic N) is 6. The quantitative estimate of drug-likeness (QED) is 0.216. The predicted molar refractivity (Wildman–Crippen MR) is 150 cm³/mol. The summed E-state index contributed by atoms with van der Waals surface area (Å²) in [4.78, 5) is 5.11. The van der Waals surface area contributed by atoms with Crippen LogP contribution in [0.15, 0.2) is 48.5 Å². The van der Waals surface area contributed by atoms with Gasteiger partial charge in [-0.3, -0.25) is 0 Å². The van der Waals surface area contributed by atoms with Crippen molar-refractivity contribution in [3.05, 3.63) is 65.7 Å². The van der Waals surface area contributed by atoms with Crippen molar-refractivity contribution in [2.45, 2.75) is 84.0 Å². The molecule has 0 saturated heterocycles. The van der Waals surface area contributed by atoms with Gasteiger partial charge in [0.2, 0.25) is 11.6 Å². The van der Waals surface area contributed by atoms with Gasteiger partial charge in [-0.05, 0) is 53.8 Å². The number of benzene rings is 2. The number of aromatic nitrogens is 7. The molecule has 5 rings (SSSR count). The van der Waals surface area contributed by atoms with E-state index in [2.05, 4.69) is 62.6 Å². The van der Waals surface area contributed by atoms with Crippen LogP contribution >= 0.6 is 0 Å². The summed E-state index contributed by atoms with van der Waals surface area (Å²) >= 11 is 0. The number of H-pyrrole nitrogens is 1. The van der Waals surface area contributed by atoms with Gasteiger partial charge >= 0.3 is 0 Å². The Morgan fingerprint density at radius 3 is 2.28 bits per heavy atom. The monoisotopic (exact) mass is 529 g/mol. The average molecular weight is 530 g/mol. The van der Waals surface area contributed by atoms with Crippen molar-refractivity contribution in [3.63, 3.8) is 0 Å². The number of tetrazole rings is 1. The number of ether oxygens (including phenoxy) is 2. The summed E-state index contributed by atoms with van der Waals surface area (Å²) in [6.07, 6.45) is 8.34. The third-order valence-electron chi connectivity index (χ3n) is 7.45. The van der Waals surface area contributed by atoms with E-state index in [4.69, 9.17) is 19.6 Å². The van der Waals surface area contributed by atoms with E-state index >= 15 is 0 Å². The number of aromatic amines is 1. The Morgan fingerprint density at radius 2 is 1.64 bits per heavy atom. The van der Waals surface area contributed by atoms with Gasteiger partial charge in [-0.15, -0.1) is 10.2 Å². The van der Waals surface area contributed by atoms with E-state index in [9.17, 15) is 0 Å². The Morgan fingerprint density at radius 1 is 0.923 bits per heavy atom. The zero-order chi connectivity index (χ0) is 27.1. The molecular formula is C30H39N7O2. The molecule has 0 amide bonds. The van der Waals surface area contributed by atoms with Gasteiger partial charge in [-0.1, -0.05) is 81.1 Å². The highest BCUT2D eigenvalue weighted by Gasteiger charge is 2.39. The van der Waals surface area contributed by atoms with E-state index in [-0.39, 0.29) is 0 Å². The van der Waals surface area contributed by atoms with Crippen LogP contribution in [0.3, 0.4) is 0 Å². The summed E-state index contributed by atoms with van der Waals surface area (Å²) in [7, 11) is 0. The molecule has 4 aromatic rings. The van der Waals surface area contributed by atoms with E-state index < -0.39 is 5.79 Å². The summed E-state index contributed by atoms with van der Waals surface area (Å²) < 4.78 is 14.6. The molecular weight excluding hydrogens is 490 g/mol. The molecule has 9 nitrogen and oxygen atoms in total. The minimum absolute atomic E-state index is 0.360. The molecule has 1 aliphatic rings. The lowest BCUT2D eigenvalue weighted by Gasteiger charge is -2.30. The van der Waals surface area contributed by atoms with Crippen LogP contribution < -0.4 is 0 Å². The lowest BCUT2D eigenvalue weighted by molar-refractivity contribution is -0.251. The number of hydrogen-bond acceptors (Lipinski definition) is 7. The fraction of sp³-hybridized carbons (Fsp3) is 0.500. The molecule has 1 fully saturated rings. The lowest BCUT2D eigenvalue weighted by Crippen LogP contribution is -2.35. The maximum Gasteiger partial charge on any atom is 0.232 e. The Bertz CT molecular complexity index is 1290. The van der Waals surface area contributed by atoms with Gasteiger partial charge in [0.25, 0.3) is 0 Å². The van der Waals surface area contributed by atoms with Gasteiger partial charge < -0.3 is 9.47 Å². The van der Waals surface area contributed by atoms with Gasteiger partial charge in [-0.2, -0.15) is 0 Å². The van der Waals surface area contributed by atoms with E-state index in [1.807, 2.05) is 32.0 Å². The van der Waals surface area contributed by atoms with E-state index in [1.54, 1.807) is 0 Å². The smallest absolute Gasteiger partial charge is 0.232 e. The van der Waals surface area contributed by atoms with Crippen LogP contribution in [0.25, 0.3) is 22.5 Å². The van der Waals surface area contributed by atoms with Gasteiger partial charge in [0.15, 0.2) is 5.82 Å². The average Bonchev–Trinajstić information content (AvgIpc) is 3.66. The van der Waals surface area contributed by atoms with Crippen molar-refractivity contribution >= 4 is 0 Å². The molecule has 0 radical (unpaired) electrons. The molecule has 9 heteroatoms. The van der Waals surface area contributed by atoms with Crippen LogP contribution in [-0.4, -0.2) is 48.6 Å². The summed E-state index contributed by atoms with van der Waals surface area (Å²) in [5.41, 5.74) is 4.33. The molecule has 0 spiro atoms. The third-order valence-corrected chi connectivity index (χ3v) is 7.45. The fourth-order valence-electron chi connectivity index (χ4n) is 5.68. The normalized spacial score (nSPS) is 14.6. The maximum atomic E-state index is 6.23. The van der Waals surface area contributed by atoms with Crippen molar-refractivity contribution in [1.82, 2.24) is 35.4 Å². The summed E-state index contributed by atoms with van der Waals surface area (Å²) in [6.45, 7) is 7.23. The van der Waals surface area contributed by atoms with Crippen molar-refractivity contribution < 1.29 is 9.47 Å². The molecule has 1 aliphatic carbocycles. The molecule has 0 atom stereocenters.